The maximum Gasteiger partial charge on any atom is 0.227 e. The minimum absolute atomic E-state index is 0.151. The maximum atomic E-state index is 14.7. The second-order valence-corrected chi connectivity index (χ2v) is 7.72. The molecular weight excluding hydrogens is 383 g/mol. The largest absolute Gasteiger partial charge is 0.367 e. The third-order valence-corrected chi connectivity index (χ3v) is 5.33. The van der Waals surface area contributed by atoms with Gasteiger partial charge in [-0.05, 0) is 44.2 Å². The molecule has 2 N–H and O–H groups in total. The van der Waals surface area contributed by atoms with E-state index in [-0.39, 0.29) is 11.9 Å². The van der Waals surface area contributed by atoms with Gasteiger partial charge in [0.05, 0.1) is 5.69 Å². The summed E-state index contributed by atoms with van der Waals surface area (Å²) in [5.74, 6) is 0.146. The van der Waals surface area contributed by atoms with Gasteiger partial charge in [-0.1, -0.05) is 5.21 Å². The summed E-state index contributed by atoms with van der Waals surface area (Å²) >= 11 is 0. The van der Waals surface area contributed by atoms with Gasteiger partial charge < -0.3 is 15.5 Å². The summed E-state index contributed by atoms with van der Waals surface area (Å²) in [7, 11) is 0. The van der Waals surface area contributed by atoms with E-state index in [0.717, 1.165) is 48.1 Å². The third kappa shape index (κ3) is 3.30. The molecule has 0 spiro atoms. The summed E-state index contributed by atoms with van der Waals surface area (Å²) in [5.41, 5.74) is 3.64. The van der Waals surface area contributed by atoms with Crippen LogP contribution in [-0.2, 0) is 0 Å². The van der Waals surface area contributed by atoms with Gasteiger partial charge in [0.15, 0.2) is 0 Å². The van der Waals surface area contributed by atoms with Crippen LogP contribution in [0.5, 0.6) is 0 Å². The standard InChI is InChI=1S/C21H23FN8/c1-13(2)30-20-17(27-28-30)5-3-14-12-24-21(26-19(14)20)25-15-4-6-18(16(22)11-15)29-9-7-23-8-10-29/h3-6,11-13,23H,7-10H2,1-2H3,(H,24,25,26). The van der Waals surface area contributed by atoms with Crippen LogP contribution in [-0.4, -0.2) is 51.1 Å². The van der Waals surface area contributed by atoms with Gasteiger partial charge >= 0.3 is 0 Å². The highest BCUT2D eigenvalue weighted by molar-refractivity contribution is 6.01. The van der Waals surface area contributed by atoms with Crippen molar-refractivity contribution in [1.82, 2.24) is 30.3 Å². The van der Waals surface area contributed by atoms with E-state index in [4.69, 9.17) is 4.98 Å². The van der Waals surface area contributed by atoms with Crippen molar-refractivity contribution in [3.8, 4) is 0 Å². The lowest BCUT2D eigenvalue weighted by molar-refractivity contribution is 0.531. The van der Waals surface area contributed by atoms with Crippen molar-refractivity contribution < 1.29 is 4.39 Å². The molecule has 0 unspecified atom stereocenters. The summed E-state index contributed by atoms with van der Waals surface area (Å²) in [5, 5.41) is 15.8. The molecule has 30 heavy (non-hydrogen) atoms. The van der Waals surface area contributed by atoms with E-state index in [2.05, 4.69) is 44.7 Å². The quantitative estimate of drug-likeness (QED) is 0.538. The highest BCUT2D eigenvalue weighted by Crippen LogP contribution is 2.27. The van der Waals surface area contributed by atoms with E-state index in [0.29, 0.717) is 17.3 Å². The van der Waals surface area contributed by atoms with Gasteiger partial charge in [0, 0.05) is 49.5 Å². The Morgan fingerprint density at radius 3 is 2.73 bits per heavy atom. The lowest BCUT2D eigenvalue weighted by Gasteiger charge is -2.29. The van der Waals surface area contributed by atoms with Crippen molar-refractivity contribution in [3.63, 3.8) is 0 Å². The molecule has 0 saturated carbocycles. The zero-order valence-electron chi connectivity index (χ0n) is 16.9. The molecule has 2 aromatic heterocycles. The Hall–Kier alpha value is -3.33. The molecule has 1 fully saturated rings. The molecule has 8 nitrogen and oxygen atoms in total. The second-order valence-electron chi connectivity index (χ2n) is 7.72. The normalized spacial score (nSPS) is 14.7. The summed E-state index contributed by atoms with van der Waals surface area (Å²) < 4.78 is 16.6. The number of aromatic nitrogens is 5. The topological polar surface area (TPSA) is 83.8 Å². The number of piperazine rings is 1. The first-order valence-corrected chi connectivity index (χ1v) is 10.1. The molecule has 0 bridgehead atoms. The fourth-order valence-corrected chi connectivity index (χ4v) is 3.82. The molecular formula is C21H23FN8. The van der Waals surface area contributed by atoms with E-state index < -0.39 is 0 Å². The van der Waals surface area contributed by atoms with Crippen LogP contribution in [0.15, 0.2) is 36.5 Å². The van der Waals surface area contributed by atoms with Crippen molar-refractivity contribution in [2.45, 2.75) is 19.9 Å². The highest BCUT2D eigenvalue weighted by Gasteiger charge is 2.16. The Morgan fingerprint density at radius 2 is 1.97 bits per heavy atom. The van der Waals surface area contributed by atoms with Gasteiger partial charge in [0.25, 0.3) is 0 Å². The molecule has 0 aliphatic carbocycles. The zero-order chi connectivity index (χ0) is 20.7. The molecule has 0 atom stereocenters. The summed E-state index contributed by atoms with van der Waals surface area (Å²) in [6.45, 7) is 7.42. The molecule has 1 saturated heterocycles. The van der Waals surface area contributed by atoms with E-state index in [1.165, 1.54) is 6.07 Å². The lowest BCUT2D eigenvalue weighted by Crippen LogP contribution is -2.43. The fraction of sp³-hybridized carbons (Fsp3) is 0.333. The van der Waals surface area contributed by atoms with Gasteiger partial charge in [0.2, 0.25) is 5.95 Å². The summed E-state index contributed by atoms with van der Waals surface area (Å²) in [6.07, 6.45) is 1.76. The Morgan fingerprint density at radius 1 is 1.13 bits per heavy atom. The highest BCUT2D eigenvalue weighted by atomic mass is 19.1. The van der Waals surface area contributed by atoms with Gasteiger partial charge in [-0.2, -0.15) is 0 Å². The average Bonchev–Trinajstić information content (AvgIpc) is 3.20. The van der Waals surface area contributed by atoms with Crippen LogP contribution in [0.1, 0.15) is 19.9 Å². The predicted octanol–water partition coefficient (Wildman–Crippen LogP) is 3.25. The SMILES string of the molecule is CC(C)n1nnc2ccc3cnc(Nc4ccc(N5CCNCC5)c(F)c4)nc3c21. The van der Waals surface area contributed by atoms with E-state index in [1.807, 2.05) is 22.9 Å². The first kappa shape index (κ1) is 18.7. The summed E-state index contributed by atoms with van der Waals surface area (Å²) in [6, 6.07) is 9.16. The number of halogens is 1. The van der Waals surface area contributed by atoms with Crippen LogP contribution >= 0.6 is 0 Å². The number of rotatable bonds is 4. The second kappa shape index (κ2) is 7.49. The molecule has 1 aliphatic rings. The van der Waals surface area contributed by atoms with Crippen LogP contribution < -0.4 is 15.5 Å². The van der Waals surface area contributed by atoms with Crippen LogP contribution in [0.2, 0.25) is 0 Å². The minimum atomic E-state index is -0.257. The molecule has 9 heteroatoms. The zero-order valence-corrected chi connectivity index (χ0v) is 16.9. The van der Waals surface area contributed by atoms with Crippen LogP contribution in [0.4, 0.5) is 21.7 Å². The maximum absolute atomic E-state index is 14.7. The first-order valence-electron chi connectivity index (χ1n) is 10.1. The number of benzene rings is 2. The van der Waals surface area contributed by atoms with E-state index >= 15 is 0 Å². The molecule has 2 aromatic carbocycles. The van der Waals surface area contributed by atoms with Gasteiger partial charge in [-0.3, -0.25) is 0 Å². The number of nitrogens with zero attached hydrogens (tertiary/aromatic N) is 6. The Balaban J connectivity index is 1.48. The number of hydrogen-bond donors (Lipinski definition) is 2. The summed E-state index contributed by atoms with van der Waals surface area (Å²) in [4.78, 5) is 11.1. The van der Waals surface area contributed by atoms with Crippen molar-refractivity contribution in [2.75, 3.05) is 36.4 Å². The molecule has 5 rings (SSSR count). The van der Waals surface area contributed by atoms with Gasteiger partial charge in [-0.25, -0.2) is 19.0 Å². The van der Waals surface area contributed by atoms with Crippen molar-refractivity contribution in [1.29, 1.82) is 0 Å². The minimum Gasteiger partial charge on any atom is -0.367 e. The van der Waals surface area contributed by atoms with Crippen LogP contribution in [0, 0.1) is 5.82 Å². The number of nitrogens with one attached hydrogen (secondary N) is 2. The predicted molar refractivity (Wildman–Crippen MR) is 116 cm³/mol. The Kier molecular flexibility index (Phi) is 4.66. The third-order valence-electron chi connectivity index (χ3n) is 5.33. The molecule has 4 aromatic rings. The molecule has 3 heterocycles. The van der Waals surface area contributed by atoms with Crippen molar-refractivity contribution in [2.24, 2.45) is 0 Å². The molecule has 0 radical (unpaired) electrons. The van der Waals surface area contributed by atoms with Crippen LogP contribution in [0.25, 0.3) is 21.9 Å². The first-order chi connectivity index (χ1) is 14.6. The Bertz CT molecular complexity index is 1210. The Labute approximate surface area is 173 Å². The van der Waals surface area contributed by atoms with Gasteiger partial charge in [-0.15, -0.1) is 5.10 Å². The van der Waals surface area contributed by atoms with E-state index in [1.54, 1.807) is 12.3 Å². The molecule has 154 valence electrons. The average molecular weight is 406 g/mol. The van der Waals surface area contributed by atoms with Crippen molar-refractivity contribution in [3.05, 3.63) is 42.3 Å². The van der Waals surface area contributed by atoms with E-state index in [9.17, 15) is 4.39 Å². The number of hydrogen-bond acceptors (Lipinski definition) is 7. The van der Waals surface area contributed by atoms with Crippen molar-refractivity contribution >= 4 is 39.3 Å². The monoisotopic (exact) mass is 406 g/mol. The number of fused-ring (bicyclic) bond motifs is 3. The van der Waals surface area contributed by atoms with Crippen LogP contribution in [0.3, 0.4) is 0 Å². The molecule has 1 aliphatic heterocycles. The molecule has 0 amide bonds. The van der Waals surface area contributed by atoms with Gasteiger partial charge in [0.1, 0.15) is 22.4 Å². The number of anilines is 3. The smallest absolute Gasteiger partial charge is 0.227 e. The lowest BCUT2D eigenvalue weighted by atomic mass is 10.2. The fourth-order valence-electron chi connectivity index (χ4n) is 3.82.